The van der Waals surface area contributed by atoms with E-state index in [2.05, 4.69) is 51.7 Å². The number of benzene rings is 1. The van der Waals surface area contributed by atoms with Crippen LogP contribution in [0.5, 0.6) is 0 Å². The Bertz CT molecular complexity index is 550. The van der Waals surface area contributed by atoms with Gasteiger partial charge in [-0.05, 0) is 63.6 Å². The van der Waals surface area contributed by atoms with Gasteiger partial charge in [0.05, 0.1) is 0 Å². The zero-order valence-corrected chi connectivity index (χ0v) is 16.0. The number of rotatable bonds is 6. The number of hydrogen-bond acceptors (Lipinski definition) is 3. The van der Waals surface area contributed by atoms with Crippen LogP contribution in [0.2, 0.25) is 0 Å². The third-order valence-corrected chi connectivity index (χ3v) is 4.68. The van der Waals surface area contributed by atoms with Crippen molar-refractivity contribution in [1.82, 2.24) is 10.6 Å². The number of alkyl carbamates (subject to hydrolysis) is 1. The summed E-state index contributed by atoms with van der Waals surface area (Å²) in [7, 11) is 0. The van der Waals surface area contributed by atoms with Crippen molar-refractivity contribution in [3.63, 3.8) is 0 Å². The Kier molecular flexibility index (Phi) is 6.09. The number of ether oxygens (including phenoxy) is 1. The number of halogens is 1. The van der Waals surface area contributed by atoms with Crippen LogP contribution in [0.1, 0.15) is 44.7 Å². The molecule has 2 N–H and O–H groups in total. The highest BCUT2D eigenvalue weighted by Crippen LogP contribution is 2.32. The number of hydrogen-bond donors (Lipinski definition) is 2. The molecule has 0 spiro atoms. The first-order chi connectivity index (χ1) is 10.7. The van der Waals surface area contributed by atoms with Gasteiger partial charge in [-0.15, -0.1) is 0 Å². The Balaban J connectivity index is 1.81. The van der Waals surface area contributed by atoms with Crippen molar-refractivity contribution < 1.29 is 9.53 Å². The monoisotopic (exact) mass is 382 g/mol. The SMILES string of the molecule is Cc1ccc(CNCC(NC(=O)OC(C)(C)C)C2CC2)cc1Br. The number of aryl methyl sites for hydroxylation is 1. The second-order valence-corrected chi connectivity index (χ2v) is 8.16. The highest BCUT2D eigenvalue weighted by Gasteiger charge is 2.33. The van der Waals surface area contributed by atoms with Gasteiger partial charge in [-0.2, -0.15) is 0 Å². The van der Waals surface area contributed by atoms with E-state index in [-0.39, 0.29) is 12.1 Å². The van der Waals surface area contributed by atoms with Crippen LogP contribution < -0.4 is 10.6 Å². The third-order valence-electron chi connectivity index (χ3n) is 3.82. The molecular formula is C18H27BrN2O2. The lowest BCUT2D eigenvalue weighted by Gasteiger charge is -2.24. The molecule has 1 aromatic rings. The molecule has 0 aromatic heterocycles. The van der Waals surface area contributed by atoms with Crippen molar-refractivity contribution in [2.24, 2.45) is 5.92 Å². The number of carbonyl (C=O) groups excluding carboxylic acids is 1. The summed E-state index contributed by atoms with van der Waals surface area (Å²) >= 11 is 3.56. The smallest absolute Gasteiger partial charge is 0.407 e. The first-order valence-corrected chi connectivity index (χ1v) is 8.99. The van der Waals surface area contributed by atoms with Crippen molar-refractivity contribution in [1.29, 1.82) is 0 Å². The van der Waals surface area contributed by atoms with Crippen LogP contribution in [-0.2, 0) is 11.3 Å². The van der Waals surface area contributed by atoms with E-state index in [1.165, 1.54) is 24.0 Å². The molecule has 0 radical (unpaired) electrons. The predicted molar refractivity (Wildman–Crippen MR) is 96.5 cm³/mol. The van der Waals surface area contributed by atoms with Gasteiger partial charge in [0.2, 0.25) is 0 Å². The molecule has 0 bridgehead atoms. The van der Waals surface area contributed by atoms with Crippen molar-refractivity contribution in [2.75, 3.05) is 6.54 Å². The van der Waals surface area contributed by atoms with Gasteiger partial charge >= 0.3 is 6.09 Å². The van der Waals surface area contributed by atoms with Crippen molar-refractivity contribution >= 4 is 22.0 Å². The van der Waals surface area contributed by atoms with Gasteiger partial charge in [0.25, 0.3) is 0 Å². The molecular weight excluding hydrogens is 356 g/mol. The molecule has 1 aliphatic carbocycles. The maximum atomic E-state index is 11.9. The fraction of sp³-hybridized carbons (Fsp3) is 0.611. The summed E-state index contributed by atoms with van der Waals surface area (Å²) in [5, 5.41) is 6.46. The predicted octanol–water partition coefficient (Wildman–Crippen LogP) is 4.15. The van der Waals surface area contributed by atoms with E-state index in [9.17, 15) is 4.79 Å². The van der Waals surface area contributed by atoms with Gasteiger partial charge in [-0.1, -0.05) is 28.1 Å². The summed E-state index contributed by atoms with van der Waals surface area (Å²) in [6.45, 7) is 9.27. The van der Waals surface area contributed by atoms with Crippen LogP contribution >= 0.6 is 15.9 Å². The number of carbonyl (C=O) groups is 1. The van der Waals surface area contributed by atoms with E-state index >= 15 is 0 Å². The van der Waals surface area contributed by atoms with Gasteiger partial charge < -0.3 is 15.4 Å². The zero-order chi connectivity index (χ0) is 17.0. The molecule has 2 rings (SSSR count). The van der Waals surface area contributed by atoms with Crippen LogP contribution in [0, 0.1) is 12.8 Å². The molecule has 1 aromatic carbocycles. The van der Waals surface area contributed by atoms with Gasteiger partial charge in [0, 0.05) is 23.6 Å². The molecule has 4 nitrogen and oxygen atoms in total. The van der Waals surface area contributed by atoms with E-state index in [0.29, 0.717) is 5.92 Å². The van der Waals surface area contributed by atoms with Gasteiger partial charge in [0.1, 0.15) is 5.60 Å². The van der Waals surface area contributed by atoms with Crippen molar-refractivity contribution in [3.8, 4) is 0 Å². The Morgan fingerprint density at radius 2 is 2.09 bits per heavy atom. The summed E-state index contributed by atoms with van der Waals surface area (Å²) in [4.78, 5) is 11.9. The zero-order valence-electron chi connectivity index (χ0n) is 14.4. The lowest BCUT2D eigenvalue weighted by molar-refractivity contribution is 0.0497. The fourth-order valence-electron chi connectivity index (χ4n) is 2.41. The molecule has 23 heavy (non-hydrogen) atoms. The van der Waals surface area contributed by atoms with Crippen LogP contribution in [0.25, 0.3) is 0 Å². The highest BCUT2D eigenvalue weighted by molar-refractivity contribution is 9.10. The fourth-order valence-corrected chi connectivity index (χ4v) is 2.84. The molecule has 0 aliphatic heterocycles. The lowest BCUT2D eigenvalue weighted by Crippen LogP contribution is -2.45. The van der Waals surface area contributed by atoms with Crippen LogP contribution in [0.15, 0.2) is 22.7 Å². The normalized spacial score (nSPS) is 16.0. The van der Waals surface area contributed by atoms with Gasteiger partial charge in [-0.3, -0.25) is 0 Å². The van der Waals surface area contributed by atoms with Gasteiger partial charge in [0.15, 0.2) is 0 Å². The van der Waals surface area contributed by atoms with E-state index in [4.69, 9.17) is 4.74 Å². The Hall–Kier alpha value is -1.07. The topological polar surface area (TPSA) is 50.4 Å². The molecule has 5 heteroatoms. The molecule has 1 saturated carbocycles. The summed E-state index contributed by atoms with van der Waals surface area (Å²) in [5.41, 5.74) is 2.00. The average Bonchev–Trinajstić information content (AvgIpc) is 3.24. The summed E-state index contributed by atoms with van der Waals surface area (Å²) in [6.07, 6.45) is 2.03. The van der Waals surface area contributed by atoms with Crippen LogP contribution in [0.3, 0.4) is 0 Å². The van der Waals surface area contributed by atoms with E-state index in [1.807, 2.05) is 20.8 Å². The number of amides is 1. The minimum Gasteiger partial charge on any atom is -0.444 e. The lowest BCUT2D eigenvalue weighted by atomic mass is 10.1. The quantitative estimate of drug-likeness (QED) is 0.776. The number of nitrogens with one attached hydrogen (secondary N) is 2. The third kappa shape index (κ3) is 6.51. The van der Waals surface area contributed by atoms with Crippen LogP contribution in [-0.4, -0.2) is 24.3 Å². The largest absolute Gasteiger partial charge is 0.444 e. The average molecular weight is 383 g/mol. The standard InChI is InChI=1S/C18H27BrN2O2/c1-12-5-6-13(9-15(12)19)10-20-11-16(14-7-8-14)21-17(22)23-18(2,3)4/h5-6,9,14,16,20H,7-8,10-11H2,1-4H3,(H,21,22). The Morgan fingerprint density at radius 1 is 1.39 bits per heavy atom. The molecule has 128 valence electrons. The molecule has 1 unspecified atom stereocenters. The second-order valence-electron chi connectivity index (χ2n) is 7.30. The van der Waals surface area contributed by atoms with E-state index in [0.717, 1.165) is 17.6 Å². The first-order valence-electron chi connectivity index (χ1n) is 8.20. The molecule has 0 saturated heterocycles. The second kappa shape index (κ2) is 7.67. The van der Waals surface area contributed by atoms with Gasteiger partial charge in [-0.25, -0.2) is 4.79 Å². The molecule has 1 amide bonds. The van der Waals surface area contributed by atoms with Crippen LogP contribution in [0.4, 0.5) is 4.79 Å². The Morgan fingerprint density at radius 3 is 2.65 bits per heavy atom. The van der Waals surface area contributed by atoms with Crippen molar-refractivity contribution in [2.45, 2.75) is 58.7 Å². The maximum Gasteiger partial charge on any atom is 0.407 e. The minimum absolute atomic E-state index is 0.138. The van der Waals surface area contributed by atoms with Crippen molar-refractivity contribution in [3.05, 3.63) is 33.8 Å². The summed E-state index contributed by atoms with van der Waals surface area (Å²) in [5.74, 6) is 0.569. The first kappa shape index (κ1) is 18.3. The molecule has 1 atom stereocenters. The minimum atomic E-state index is -0.459. The Labute approximate surface area is 147 Å². The summed E-state index contributed by atoms with van der Waals surface area (Å²) < 4.78 is 6.48. The molecule has 0 heterocycles. The molecule has 1 fully saturated rings. The summed E-state index contributed by atoms with van der Waals surface area (Å²) in [6, 6.07) is 6.51. The van der Waals surface area contributed by atoms with E-state index < -0.39 is 5.60 Å². The van der Waals surface area contributed by atoms with E-state index in [1.54, 1.807) is 0 Å². The molecule has 1 aliphatic rings. The maximum absolute atomic E-state index is 11.9. The highest BCUT2D eigenvalue weighted by atomic mass is 79.9.